The van der Waals surface area contributed by atoms with Crippen LogP contribution in [0.1, 0.15) is 90.9 Å². The van der Waals surface area contributed by atoms with Crippen molar-refractivity contribution in [2.75, 3.05) is 6.54 Å². The molecule has 0 aliphatic carbocycles. The van der Waals surface area contributed by atoms with Gasteiger partial charge in [-0.1, -0.05) is 84.5 Å². The molecule has 0 fully saturated rings. The topological polar surface area (TPSA) is 26.0 Å². The maximum absolute atomic E-state index is 5.58. The lowest BCUT2D eigenvalue weighted by Crippen LogP contribution is -2.04. The standard InChI is InChI=1S/C16H35N/c1-3-5-7-9-13-16(12-8-6-4-2)14-10-11-15-17/h16H,3-15,17H2,1-2H3. The molecular formula is C16H35N. The minimum atomic E-state index is 0.873. The van der Waals surface area contributed by atoms with Crippen LogP contribution in [-0.4, -0.2) is 6.54 Å². The third-order valence-corrected chi connectivity index (χ3v) is 3.75. The van der Waals surface area contributed by atoms with E-state index in [1.807, 2.05) is 0 Å². The molecule has 0 aliphatic rings. The molecular weight excluding hydrogens is 206 g/mol. The quantitative estimate of drug-likeness (QED) is 0.436. The lowest BCUT2D eigenvalue weighted by atomic mass is 9.90. The fourth-order valence-electron chi connectivity index (χ4n) is 2.55. The van der Waals surface area contributed by atoms with E-state index >= 15 is 0 Å². The van der Waals surface area contributed by atoms with Crippen molar-refractivity contribution in [3.63, 3.8) is 0 Å². The summed E-state index contributed by atoms with van der Waals surface area (Å²) in [4.78, 5) is 0. The number of nitrogens with two attached hydrogens (primary N) is 1. The maximum atomic E-state index is 5.58. The van der Waals surface area contributed by atoms with Crippen LogP contribution in [0.3, 0.4) is 0 Å². The van der Waals surface area contributed by atoms with Crippen LogP contribution in [0.4, 0.5) is 0 Å². The normalized spacial score (nSPS) is 12.9. The van der Waals surface area contributed by atoms with Gasteiger partial charge < -0.3 is 5.73 Å². The number of rotatable bonds is 13. The lowest BCUT2D eigenvalue weighted by molar-refractivity contribution is 0.373. The summed E-state index contributed by atoms with van der Waals surface area (Å²) in [7, 11) is 0. The summed E-state index contributed by atoms with van der Waals surface area (Å²) in [5.74, 6) is 0.991. The van der Waals surface area contributed by atoms with E-state index in [1.54, 1.807) is 0 Å². The molecule has 0 aromatic carbocycles. The number of hydrogen-bond acceptors (Lipinski definition) is 1. The minimum absolute atomic E-state index is 0.873. The fourth-order valence-corrected chi connectivity index (χ4v) is 2.55. The van der Waals surface area contributed by atoms with Crippen molar-refractivity contribution in [3.05, 3.63) is 0 Å². The fraction of sp³-hybridized carbons (Fsp3) is 1.00. The van der Waals surface area contributed by atoms with Crippen LogP contribution >= 0.6 is 0 Å². The van der Waals surface area contributed by atoms with Crippen molar-refractivity contribution in [1.82, 2.24) is 0 Å². The third kappa shape index (κ3) is 12.2. The Morgan fingerprint density at radius 3 is 1.65 bits per heavy atom. The van der Waals surface area contributed by atoms with Gasteiger partial charge in [-0.15, -0.1) is 0 Å². The molecule has 0 saturated heterocycles. The van der Waals surface area contributed by atoms with Crippen LogP contribution in [-0.2, 0) is 0 Å². The van der Waals surface area contributed by atoms with Crippen molar-refractivity contribution < 1.29 is 0 Å². The molecule has 17 heavy (non-hydrogen) atoms. The zero-order chi connectivity index (χ0) is 12.8. The zero-order valence-electron chi connectivity index (χ0n) is 12.3. The Bertz CT molecular complexity index is 123. The highest BCUT2D eigenvalue weighted by Crippen LogP contribution is 2.23. The first-order valence-electron chi connectivity index (χ1n) is 8.05. The number of unbranched alkanes of at least 4 members (excludes halogenated alkanes) is 6. The Kier molecular flexibility index (Phi) is 14.0. The molecule has 0 aromatic heterocycles. The molecule has 104 valence electrons. The van der Waals surface area contributed by atoms with Crippen LogP contribution in [0, 0.1) is 5.92 Å². The van der Waals surface area contributed by atoms with Crippen LogP contribution < -0.4 is 5.73 Å². The summed E-state index contributed by atoms with van der Waals surface area (Å²) in [5, 5.41) is 0. The summed E-state index contributed by atoms with van der Waals surface area (Å²) in [6, 6.07) is 0. The lowest BCUT2D eigenvalue weighted by Gasteiger charge is -2.16. The third-order valence-electron chi connectivity index (χ3n) is 3.75. The van der Waals surface area contributed by atoms with E-state index in [4.69, 9.17) is 5.73 Å². The van der Waals surface area contributed by atoms with Gasteiger partial charge >= 0.3 is 0 Å². The van der Waals surface area contributed by atoms with Gasteiger partial charge in [-0.05, 0) is 18.9 Å². The van der Waals surface area contributed by atoms with Crippen molar-refractivity contribution >= 4 is 0 Å². The molecule has 0 radical (unpaired) electrons. The summed E-state index contributed by atoms with van der Waals surface area (Å²) in [6.07, 6.45) is 16.8. The maximum Gasteiger partial charge on any atom is -0.00773 e. The van der Waals surface area contributed by atoms with Gasteiger partial charge in [-0.3, -0.25) is 0 Å². The summed E-state index contributed by atoms with van der Waals surface area (Å²) >= 11 is 0. The van der Waals surface area contributed by atoms with Gasteiger partial charge in [0.1, 0.15) is 0 Å². The second-order valence-corrected chi connectivity index (χ2v) is 5.50. The Labute approximate surface area is 110 Å². The van der Waals surface area contributed by atoms with Crippen LogP contribution in [0.25, 0.3) is 0 Å². The van der Waals surface area contributed by atoms with E-state index in [0.717, 1.165) is 12.5 Å². The van der Waals surface area contributed by atoms with Gasteiger partial charge in [-0.25, -0.2) is 0 Å². The van der Waals surface area contributed by atoms with Gasteiger partial charge in [0, 0.05) is 0 Å². The molecule has 1 nitrogen and oxygen atoms in total. The first-order valence-corrected chi connectivity index (χ1v) is 8.05. The predicted octanol–water partition coefficient (Wildman–Crippen LogP) is 5.28. The molecule has 0 spiro atoms. The first-order chi connectivity index (χ1) is 8.35. The monoisotopic (exact) mass is 241 g/mol. The molecule has 0 aliphatic heterocycles. The highest BCUT2D eigenvalue weighted by Gasteiger charge is 2.07. The number of hydrogen-bond donors (Lipinski definition) is 1. The largest absolute Gasteiger partial charge is 0.330 e. The van der Waals surface area contributed by atoms with E-state index in [9.17, 15) is 0 Å². The second-order valence-electron chi connectivity index (χ2n) is 5.50. The van der Waals surface area contributed by atoms with Gasteiger partial charge in [0.2, 0.25) is 0 Å². The SMILES string of the molecule is CCCCCCC(CCCCC)CCCCN. The Morgan fingerprint density at radius 1 is 0.647 bits per heavy atom. The Hall–Kier alpha value is -0.0400. The molecule has 0 heterocycles. The highest BCUT2D eigenvalue weighted by atomic mass is 14.5. The molecule has 0 saturated carbocycles. The summed E-state index contributed by atoms with van der Waals surface area (Å²) < 4.78 is 0. The summed E-state index contributed by atoms with van der Waals surface area (Å²) in [5.41, 5.74) is 5.58. The highest BCUT2D eigenvalue weighted by molar-refractivity contribution is 4.61. The van der Waals surface area contributed by atoms with Gasteiger partial charge in [0.25, 0.3) is 0 Å². The van der Waals surface area contributed by atoms with Gasteiger partial charge in [-0.2, -0.15) is 0 Å². The van der Waals surface area contributed by atoms with E-state index in [1.165, 1.54) is 77.0 Å². The smallest absolute Gasteiger partial charge is 0.00773 e. The molecule has 0 rings (SSSR count). The molecule has 2 N–H and O–H groups in total. The minimum Gasteiger partial charge on any atom is -0.330 e. The molecule has 0 aromatic rings. The molecule has 1 unspecified atom stereocenters. The van der Waals surface area contributed by atoms with E-state index in [2.05, 4.69) is 13.8 Å². The van der Waals surface area contributed by atoms with Crippen molar-refractivity contribution in [2.24, 2.45) is 11.7 Å². The molecule has 0 amide bonds. The average Bonchev–Trinajstić information content (AvgIpc) is 2.34. The Balaban J connectivity index is 3.60. The van der Waals surface area contributed by atoms with Crippen molar-refractivity contribution in [1.29, 1.82) is 0 Å². The van der Waals surface area contributed by atoms with Crippen molar-refractivity contribution in [3.8, 4) is 0 Å². The van der Waals surface area contributed by atoms with Crippen molar-refractivity contribution in [2.45, 2.75) is 90.9 Å². The molecule has 0 bridgehead atoms. The van der Waals surface area contributed by atoms with Gasteiger partial charge in [0.15, 0.2) is 0 Å². The average molecular weight is 241 g/mol. The van der Waals surface area contributed by atoms with E-state index in [-0.39, 0.29) is 0 Å². The molecule has 1 atom stereocenters. The predicted molar refractivity (Wildman–Crippen MR) is 79.3 cm³/mol. The molecule has 1 heteroatoms. The first kappa shape index (κ1) is 17.0. The van der Waals surface area contributed by atoms with E-state index < -0.39 is 0 Å². The van der Waals surface area contributed by atoms with E-state index in [0.29, 0.717) is 0 Å². The zero-order valence-corrected chi connectivity index (χ0v) is 12.3. The van der Waals surface area contributed by atoms with Crippen LogP contribution in [0.15, 0.2) is 0 Å². The van der Waals surface area contributed by atoms with Crippen LogP contribution in [0.2, 0.25) is 0 Å². The Morgan fingerprint density at radius 2 is 1.12 bits per heavy atom. The summed E-state index contributed by atoms with van der Waals surface area (Å²) in [6.45, 7) is 5.46. The van der Waals surface area contributed by atoms with Crippen LogP contribution in [0.5, 0.6) is 0 Å². The second kappa shape index (κ2) is 14.0. The van der Waals surface area contributed by atoms with Gasteiger partial charge in [0.05, 0.1) is 0 Å².